The van der Waals surface area contributed by atoms with E-state index in [2.05, 4.69) is 15.6 Å². The zero-order chi connectivity index (χ0) is 17.6. The van der Waals surface area contributed by atoms with E-state index in [0.29, 0.717) is 16.9 Å². The van der Waals surface area contributed by atoms with Crippen LogP contribution >= 0.6 is 0 Å². The number of anilines is 1. The zero-order valence-electron chi connectivity index (χ0n) is 13.0. The van der Waals surface area contributed by atoms with Crippen molar-refractivity contribution in [2.75, 3.05) is 5.32 Å². The molecule has 2 heterocycles. The van der Waals surface area contributed by atoms with Gasteiger partial charge in [0.25, 0.3) is 0 Å². The lowest BCUT2D eigenvalue weighted by molar-refractivity contribution is 0.251. The molecule has 3 aromatic rings. The second-order valence-corrected chi connectivity index (χ2v) is 5.14. The van der Waals surface area contributed by atoms with E-state index in [9.17, 15) is 14.0 Å². The minimum absolute atomic E-state index is 0.00237. The number of nitrogens with one attached hydrogen (secondary N) is 2. The minimum atomic E-state index is -0.692. The Kier molecular flexibility index (Phi) is 4.84. The Morgan fingerprint density at radius 2 is 1.96 bits per heavy atom. The normalized spacial score (nSPS) is 10.3. The van der Waals surface area contributed by atoms with Crippen LogP contribution in [0.5, 0.6) is 0 Å². The fourth-order valence-electron chi connectivity index (χ4n) is 2.16. The van der Waals surface area contributed by atoms with E-state index >= 15 is 0 Å². The summed E-state index contributed by atoms with van der Waals surface area (Å²) < 4.78 is 18.7. The molecule has 126 valence electrons. The van der Waals surface area contributed by atoms with E-state index < -0.39 is 17.5 Å². The van der Waals surface area contributed by atoms with Crippen LogP contribution in [0.25, 0.3) is 11.3 Å². The van der Waals surface area contributed by atoms with Gasteiger partial charge in [0.15, 0.2) is 0 Å². The summed E-state index contributed by atoms with van der Waals surface area (Å²) in [4.78, 5) is 27.8. The molecule has 7 heteroatoms. The number of hydrogen-bond donors (Lipinski definition) is 2. The van der Waals surface area contributed by atoms with Crippen molar-refractivity contribution in [3.63, 3.8) is 0 Å². The number of urea groups is 1. The molecule has 25 heavy (non-hydrogen) atoms. The van der Waals surface area contributed by atoms with Gasteiger partial charge in [0.1, 0.15) is 17.3 Å². The van der Waals surface area contributed by atoms with Gasteiger partial charge in [-0.15, -0.1) is 0 Å². The summed E-state index contributed by atoms with van der Waals surface area (Å²) in [5.41, 5.74) is 0.285. The van der Waals surface area contributed by atoms with Gasteiger partial charge in [-0.25, -0.2) is 14.0 Å². The highest BCUT2D eigenvalue weighted by molar-refractivity contribution is 5.89. The maximum Gasteiger partial charge on any atom is 0.360 e. The van der Waals surface area contributed by atoms with Crippen molar-refractivity contribution in [3.05, 3.63) is 82.7 Å². The monoisotopic (exact) mass is 339 g/mol. The van der Waals surface area contributed by atoms with Gasteiger partial charge in [-0.1, -0.05) is 18.2 Å². The third-order valence-corrected chi connectivity index (χ3v) is 3.42. The number of hydrogen-bond acceptors (Lipinski definition) is 4. The predicted molar refractivity (Wildman–Crippen MR) is 90.5 cm³/mol. The molecule has 0 aliphatic rings. The molecule has 6 nitrogen and oxygen atoms in total. The molecule has 2 aromatic heterocycles. The molecule has 0 saturated heterocycles. The van der Waals surface area contributed by atoms with Crippen LogP contribution in [0.1, 0.15) is 5.56 Å². The molecule has 0 saturated carbocycles. The largest absolute Gasteiger partial charge is 0.421 e. The summed E-state index contributed by atoms with van der Waals surface area (Å²) in [5, 5.41) is 4.87. The van der Waals surface area contributed by atoms with E-state index in [1.165, 1.54) is 12.1 Å². The Hall–Kier alpha value is -3.48. The molecular weight excluding hydrogens is 325 g/mol. The van der Waals surface area contributed by atoms with Gasteiger partial charge in [0.05, 0.1) is 0 Å². The SMILES string of the molecule is O=C(NCc1ccccc1F)Nc1ccc(-c2cccnc2)oc1=O. The van der Waals surface area contributed by atoms with Crippen molar-refractivity contribution >= 4 is 11.7 Å². The Labute approximate surface area is 142 Å². The number of halogens is 1. The van der Waals surface area contributed by atoms with Crippen molar-refractivity contribution in [3.8, 4) is 11.3 Å². The van der Waals surface area contributed by atoms with E-state index in [1.54, 1.807) is 48.8 Å². The summed E-state index contributed by atoms with van der Waals surface area (Å²) in [6, 6.07) is 11.9. The lowest BCUT2D eigenvalue weighted by Crippen LogP contribution is -2.30. The smallest absolute Gasteiger partial charge is 0.360 e. The van der Waals surface area contributed by atoms with E-state index in [4.69, 9.17) is 4.42 Å². The van der Waals surface area contributed by atoms with Crippen molar-refractivity contribution in [2.24, 2.45) is 0 Å². The van der Waals surface area contributed by atoms with Crippen molar-refractivity contribution in [1.82, 2.24) is 10.3 Å². The first-order valence-corrected chi connectivity index (χ1v) is 7.46. The average molecular weight is 339 g/mol. The highest BCUT2D eigenvalue weighted by Gasteiger charge is 2.10. The van der Waals surface area contributed by atoms with Crippen molar-refractivity contribution in [1.29, 1.82) is 0 Å². The molecule has 0 aliphatic carbocycles. The molecule has 0 bridgehead atoms. The number of aromatic nitrogens is 1. The molecule has 2 amide bonds. The third-order valence-electron chi connectivity index (χ3n) is 3.42. The van der Waals surface area contributed by atoms with Crippen molar-refractivity contribution in [2.45, 2.75) is 6.54 Å². The van der Waals surface area contributed by atoms with Gasteiger partial charge in [-0.05, 0) is 30.3 Å². The molecule has 0 fully saturated rings. The van der Waals surface area contributed by atoms with Crippen LogP contribution < -0.4 is 16.3 Å². The molecule has 3 rings (SSSR count). The minimum Gasteiger partial charge on any atom is -0.421 e. The Morgan fingerprint density at radius 1 is 1.12 bits per heavy atom. The van der Waals surface area contributed by atoms with E-state index in [1.807, 2.05) is 0 Å². The number of benzene rings is 1. The summed E-state index contributed by atoms with van der Waals surface area (Å²) in [5.74, 6) is -0.0708. The molecular formula is C18H14FN3O3. The van der Waals surface area contributed by atoms with Crippen LogP contribution in [0.4, 0.5) is 14.9 Å². The second kappa shape index (κ2) is 7.39. The van der Waals surface area contributed by atoms with Crippen LogP contribution in [-0.4, -0.2) is 11.0 Å². The maximum atomic E-state index is 13.5. The molecule has 0 spiro atoms. The summed E-state index contributed by atoms with van der Waals surface area (Å²) in [6.45, 7) is -0.00237. The number of carbonyl (C=O) groups is 1. The molecule has 0 radical (unpaired) electrons. The van der Waals surface area contributed by atoms with Gasteiger partial charge >= 0.3 is 11.7 Å². The van der Waals surface area contributed by atoms with Gasteiger partial charge in [-0.3, -0.25) is 4.98 Å². The number of rotatable bonds is 4. The first kappa shape index (κ1) is 16.4. The first-order valence-electron chi connectivity index (χ1n) is 7.46. The summed E-state index contributed by atoms with van der Waals surface area (Å²) in [6.07, 6.45) is 3.17. The zero-order valence-corrected chi connectivity index (χ0v) is 13.0. The van der Waals surface area contributed by atoms with Crippen LogP contribution in [0, 0.1) is 5.82 Å². The fourth-order valence-corrected chi connectivity index (χ4v) is 2.16. The Bertz CT molecular complexity index is 942. The average Bonchev–Trinajstić information content (AvgIpc) is 2.63. The maximum absolute atomic E-state index is 13.5. The van der Waals surface area contributed by atoms with Gasteiger partial charge in [-0.2, -0.15) is 0 Å². The molecule has 1 aromatic carbocycles. The second-order valence-electron chi connectivity index (χ2n) is 5.14. The first-order chi connectivity index (χ1) is 12.1. The van der Waals surface area contributed by atoms with Crippen LogP contribution in [0.15, 0.2) is 70.1 Å². The number of carbonyl (C=O) groups excluding carboxylic acids is 1. The quantitative estimate of drug-likeness (QED) is 0.765. The molecule has 0 unspecified atom stereocenters. The van der Waals surface area contributed by atoms with Crippen LogP contribution in [0.3, 0.4) is 0 Å². The standard InChI is InChI=1S/C18H14FN3O3/c19-14-6-2-1-4-12(14)11-21-18(24)22-15-7-8-16(25-17(15)23)13-5-3-9-20-10-13/h1-10H,11H2,(H2,21,22,24). The van der Waals surface area contributed by atoms with Crippen molar-refractivity contribution < 1.29 is 13.6 Å². The number of pyridine rings is 1. The number of amides is 2. The fraction of sp³-hybridized carbons (Fsp3) is 0.0556. The van der Waals surface area contributed by atoms with E-state index in [-0.39, 0.29) is 12.2 Å². The summed E-state index contributed by atoms with van der Waals surface area (Å²) >= 11 is 0. The lowest BCUT2D eigenvalue weighted by atomic mass is 10.2. The topological polar surface area (TPSA) is 84.2 Å². The lowest BCUT2D eigenvalue weighted by Gasteiger charge is -2.08. The number of nitrogens with zero attached hydrogens (tertiary/aromatic N) is 1. The summed E-state index contributed by atoms with van der Waals surface area (Å²) in [7, 11) is 0. The third kappa shape index (κ3) is 4.08. The molecule has 0 atom stereocenters. The van der Waals surface area contributed by atoms with Gasteiger partial charge in [0, 0.05) is 30.1 Å². The van der Waals surface area contributed by atoms with Gasteiger partial charge < -0.3 is 15.1 Å². The predicted octanol–water partition coefficient (Wildman–Crippen LogP) is 3.16. The highest BCUT2D eigenvalue weighted by atomic mass is 19.1. The van der Waals surface area contributed by atoms with E-state index in [0.717, 1.165) is 0 Å². The molecule has 0 aliphatic heterocycles. The molecule has 2 N–H and O–H groups in total. The van der Waals surface area contributed by atoms with Gasteiger partial charge in [0.2, 0.25) is 0 Å². The van der Waals surface area contributed by atoms with Crippen LogP contribution in [0.2, 0.25) is 0 Å². The highest BCUT2D eigenvalue weighted by Crippen LogP contribution is 2.17. The Balaban J connectivity index is 1.66. The Morgan fingerprint density at radius 3 is 2.68 bits per heavy atom. The van der Waals surface area contributed by atoms with Crippen LogP contribution in [-0.2, 0) is 6.54 Å².